The second kappa shape index (κ2) is 5.00. The third kappa shape index (κ3) is 2.74. The summed E-state index contributed by atoms with van der Waals surface area (Å²) in [5.74, 6) is -0.776. The van der Waals surface area contributed by atoms with Gasteiger partial charge >= 0.3 is 5.97 Å². The monoisotopic (exact) mass is 248 g/mol. The average molecular weight is 248 g/mol. The lowest BCUT2D eigenvalue weighted by Gasteiger charge is -2.08. The molecule has 2 aromatic rings. The van der Waals surface area contributed by atoms with Crippen molar-refractivity contribution in [3.8, 4) is 5.69 Å². The van der Waals surface area contributed by atoms with Gasteiger partial charge in [-0.25, -0.2) is 13.9 Å². The maximum Gasteiger partial charge on any atom is 0.338 e. The Morgan fingerprint density at radius 3 is 2.50 bits per heavy atom. The first-order chi connectivity index (χ1) is 8.56. The Balaban J connectivity index is 2.17. The molecule has 1 heterocycles. The molecule has 0 aliphatic heterocycles. The first-order valence-electron chi connectivity index (χ1n) is 5.58. The van der Waals surface area contributed by atoms with Gasteiger partial charge in [0.15, 0.2) is 5.82 Å². The standard InChI is InChI=1S/C13H13FN2O2/c1-9(2)18-13(17)10-3-5-12(6-4-10)16-8-11(14)7-15-16/h3-9H,1-2H3. The highest BCUT2D eigenvalue weighted by molar-refractivity contribution is 5.89. The van der Waals surface area contributed by atoms with Gasteiger partial charge in [-0.2, -0.15) is 5.10 Å². The lowest BCUT2D eigenvalue weighted by molar-refractivity contribution is 0.0378. The molecule has 0 radical (unpaired) electrons. The van der Waals surface area contributed by atoms with Gasteiger partial charge in [0, 0.05) is 0 Å². The van der Waals surface area contributed by atoms with E-state index in [1.807, 2.05) is 0 Å². The fraction of sp³-hybridized carbons (Fsp3) is 0.231. The SMILES string of the molecule is CC(C)OC(=O)c1ccc(-n2cc(F)cn2)cc1. The fourth-order valence-electron chi connectivity index (χ4n) is 1.47. The number of rotatable bonds is 3. The molecule has 1 aromatic heterocycles. The summed E-state index contributed by atoms with van der Waals surface area (Å²) in [4.78, 5) is 11.6. The van der Waals surface area contributed by atoms with Crippen molar-refractivity contribution in [3.63, 3.8) is 0 Å². The Morgan fingerprint density at radius 1 is 1.33 bits per heavy atom. The van der Waals surface area contributed by atoms with Crippen LogP contribution in [0.5, 0.6) is 0 Å². The van der Waals surface area contributed by atoms with Crippen molar-refractivity contribution in [1.82, 2.24) is 9.78 Å². The average Bonchev–Trinajstić information content (AvgIpc) is 2.75. The highest BCUT2D eigenvalue weighted by Gasteiger charge is 2.09. The summed E-state index contributed by atoms with van der Waals surface area (Å²) in [7, 11) is 0. The summed E-state index contributed by atoms with van der Waals surface area (Å²) in [5, 5.41) is 3.83. The minimum atomic E-state index is -0.404. The van der Waals surface area contributed by atoms with Crippen LogP contribution in [0.4, 0.5) is 4.39 Å². The first-order valence-corrected chi connectivity index (χ1v) is 5.58. The summed E-state index contributed by atoms with van der Waals surface area (Å²) in [6, 6.07) is 6.62. The van der Waals surface area contributed by atoms with E-state index in [0.29, 0.717) is 11.3 Å². The highest BCUT2D eigenvalue weighted by Crippen LogP contribution is 2.11. The predicted octanol–water partition coefficient (Wildman–Crippen LogP) is 2.58. The van der Waals surface area contributed by atoms with Gasteiger partial charge < -0.3 is 4.74 Å². The molecule has 0 N–H and O–H groups in total. The number of nitrogens with zero attached hydrogens (tertiary/aromatic N) is 2. The number of hydrogen-bond acceptors (Lipinski definition) is 3. The molecule has 0 unspecified atom stereocenters. The molecule has 2 rings (SSSR count). The molecular weight excluding hydrogens is 235 g/mol. The smallest absolute Gasteiger partial charge is 0.338 e. The largest absolute Gasteiger partial charge is 0.459 e. The van der Waals surface area contributed by atoms with Crippen LogP contribution < -0.4 is 0 Å². The maximum absolute atomic E-state index is 12.8. The van der Waals surface area contributed by atoms with Crippen molar-refractivity contribution in [2.75, 3.05) is 0 Å². The van der Waals surface area contributed by atoms with Crippen LogP contribution in [0, 0.1) is 5.82 Å². The number of ether oxygens (including phenoxy) is 1. The predicted molar refractivity (Wildman–Crippen MR) is 64.1 cm³/mol. The summed E-state index contributed by atoms with van der Waals surface area (Å²) >= 11 is 0. The minimum absolute atomic E-state index is 0.155. The molecule has 0 fully saturated rings. The summed E-state index contributed by atoms with van der Waals surface area (Å²) in [5.41, 5.74) is 1.14. The number of halogens is 1. The van der Waals surface area contributed by atoms with Crippen molar-refractivity contribution in [3.05, 3.63) is 48.0 Å². The molecule has 0 spiro atoms. The quantitative estimate of drug-likeness (QED) is 0.784. The molecule has 0 aliphatic rings. The van der Waals surface area contributed by atoms with Gasteiger partial charge in [0.1, 0.15) is 0 Å². The third-order valence-corrected chi connectivity index (χ3v) is 2.26. The Labute approximate surface area is 104 Å². The summed E-state index contributed by atoms with van der Waals surface area (Å²) in [6.45, 7) is 3.58. The Hall–Kier alpha value is -2.17. The van der Waals surface area contributed by atoms with Crippen molar-refractivity contribution in [2.45, 2.75) is 20.0 Å². The molecule has 94 valence electrons. The van der Waals surface area contributed by atoms with E-state index >= 15 is 0 Å². The molecule has 0 bridgehead atoms. The number of hydrogen-bond donors (Lipinski definition) is 0. The van der Waals surface area contributed by atoms with Crippen molar-refractivity contribution in [2.24, 2.45) is 0 Å². The second-order valence-electron chi connectivity index (χ2n) is 4.10. The van der Waals surface area contributed by atoms with Gasteiger partial charge in [0.2, 0.25) is 0 Å². The zero-order chi connectivity index (χ0) is 13.1. The number of esters is 1. The summed E-state index contributed by atoms with van der Waals surface area (Å²) < 4.78 is 19.3. The molecule has 18 heavy (non-hydrogen) atoms. The van der Waals surface area contributed by atoms with Crippen molar-refractivity contribution < 1.29 is 13.9 Å². The van der Waals surface area contributed by atoms with Crippen LogP contribution in [0.1, 0.15) is 24.2 Å². The molecule has 0 atom stereocenters. The zero-order valence-electron chi connectivity index (χ0n) is 10.1. The number of aromatic nitrogens is 2. The topological polar surface area (TPSA) is 44.1 Å². The molecular formula is C13H13FN2O2. The van der Waals surface area contributed by atoms with E-state index in [1.165, 1.54) is 10.9 Å². The first kappa shape index (κ1) is 12.3. The zero-order valence-corrected chi connectivity index (χ0v) is 10.1. The Kier molecular flexibility index (Phi) is 3.41. The van der Waals surface area contributed by atoms with Crippen LogP contribution in [-0.4, -0.2) is 21.9 Å². The number of carbonyl (C=O) groups excluding carboxylic acids is 1. The minimum Gasteiger partial charge on any atom is -0.459 e. The van der Waals surface area contributed by atoms with Gasteiger partial charge in [-0.3, -0.25) is 0 Å². The highest BCUT2D eigenvalue weighted by atomic mass is 19.1. The van der Waals surface area contributed by atoms with Crippen LogP contribution >= 0.6 is 0 Å². The number of benzene rings is 1. The molecule has 0 saturated carbocycles. The van der Waals surface area contributed by atoms with Crippen LogP contribution in [0.3, 0.4) is 0 Å². The second-order valence-corrected chi connectivity index (χ2v) is 4.10. The Bertz CT molecular complexity index is 546. The van der Waals surface area contributed by atoms with Crippen LogP contribution in [0.2, 0.25) is 0 Å². The molecule has 0 amide bonds. The summed E-state index contributed by atoms with van der Waals surface area (Å²) in [6.07, 6.45) is 2.24. The van der Waals surface area contributed by atoms with E-state index < -0.39 is 5.82 Å². The Morgan fingerprint density at radius 2 is 2.00 bits per heavy atom. The van der Waals surface area contributed by atoms with E-state index in [1.54, 1.807) is 38.1 Å². The van der Waals surface area contributed by atoms with Gasteiger partial charge in [0.25, 0.3) is 0 Å². The lowest BCUT2D eigenvalue weighted by Crippen LogP contribution is -2.11. The maximum atomic E-state index is 12.8. The van der Waals surface area contributed by atoms with Gasteiger partial charge in [-0.1, -0.05) is 0 Å². The van der Waals surface area contributed by atoms with Gasteiger partial charge in [0.05, 0.1) is 29.7 Å². The molecule has 1 aromatic carbocycles. The van der Waals surface area contributed by atoms with Crippen LogP contribution in [0.25, 0.3) is 5.69 Å². The number of carbonyl (C=O) groups is 1. The van der Waals surface area contributed by atoms with E-state index in [4.69, 9.17) is 4.74 Å². The van der Waals surface area contributed by atoms with E-state index in [-0.39, 0.29) is 12.1 Å². The van der Waals surface area contributed by atoms with E-state index in [0.717, 1.165) is 6.20 Å². The molecule has 0 saturated heterocycles. The van der Waals surface area contributed by atoms with Gasteiger partial charge in [-0.15, -0.1) is 0 Å². The van der Waals surface area contributed by atoms with Gasteiger partial charge in [-0.05, 0) is 38.1 Å². The normalized spacial score (nSPS) is 10.7. The molecule has 4 nitrogen and oxygen atoms in total. The molecule has 0 aliphatic carbocycles. The molecule has 5 heteroatoms. The third-order valence-electron chi connectivity index (χ3n) is 2.26. The fourth-order valence-corrected chi connectivity index (χ4v) is 1.47. The van der Waals surface area contributed by atoms with E-state index in [2.05, 4.69) is 5.10 Å². The van der Waals surface area contributed by atoms with Crippen LogP contribution in [0.15, 0.2) is 36.7 Å². The van der Waals surface area contributed by atoms with Crippen molar-refractivity contribution in [1.29, 1.82) is 0 Å². The van der Waals surface area contributed by atoms with E-state index in [9.17, 15) is 9.18 Å². The van der Waals surface area contributed by atoms with Crippen LogP contribution in [-0.2, 0) is 4.74 Å². The van der Waals surface area contributed by atoms with Crippen molar-refractivity contribution >= 4 is 5.97 Å². The lowest BCUT2D eigenvalue weighted by atomic mass is 10.2.